The van der Waals surface area contributed by atoms with Crippen molar-refractivity contribution in [2.75, 3.05) is 5.73 Å². The number of nitrogens with two attached hydrogens (primary N) is 1. The van der Waals surface area contributed by atoms with Crippen LogP contribution in [-0.2, 0) is 0 Å². The molecule has 0 bridgehead atoms. The Bertz CT molecular complexity index is 533. The Morgan fingerprint density at radius 2 is 1.93 bits per heavy atom. The molecule has 2 rings (SSSR count). The molecule has 0 aliphatic rings. The number of aromatic nitrogens is 2. The van der Waals surface area contributed by atoms with Crippen molar-refractivity contribution in [1.29, 1.82) is 0 Å². The van der Waals surface area contributed by atoms with Crippen LogP contribution >= 0.6 is 0 Å². The molecular formula is C10H8FN3O. The first-order chi connectivity index (χ1) is 7.18. The molecule has 0 saturated carbocycles. The fourth-order valence-corrected chi connectivity index (χ4v) is 1.23. The van der Waals surface area contributed by atoms with Crippen molar-refractivity contribution >= 4 is 5.82 Å². The maximum atomic E-state index is 12.7. The van der Waals surface area contributed by atoms with E-state index in [4.69, 9.17) is 5.73 Å². The van der Waals surface area contributed by atoms with Crippen LogP contribution in [0, 0.1) is 5.82 Å². The highest BCUT2D eigenvalue weighted by atomic mass is 19.1. The van der Waals surface area contributed by atoms with Crippen LogP contribution in [0.2, 0.25) is 0 Å². The zero-order valence-electron chi connectivity index (χ0n) is 7.72. The van der Waals surface area contributed by atoms with Crippen LogP contribution in [0.25, 0.3) is 5.69 Å². The van der Waals surface area contributed by atoms with E-state index in [9.17, 15) is 9.18 Å². The van der Waals surface area contributed by atoms with E-state index in [0.29, 0.717) is 5.69 Å². The normalized spacial score (nSPS) is 10.2. The highest BCUT2D eigenvalue weighted by Crippen LogP contribution is 2.06. The van der Waals surface area contributed by atoms with Gasteiger partial charge in [-0.05, 0) is 24.3 Å². The van der Waals surface area contributed by atoms with Crippen molar-refractivity contribution < 1.29 is 4.39 Å². The van der Waals surface area contributed by atoms with Crippen LogP contribution in [0.5, 0.6) is 0 Å². The van der Waals surface area contributed by atoms with Gasteiger partial charge in [0, 0.05) is 18.1 Å². The Morgan fingerprint density at radius 1 is 1.27 bits per heavy atom. The first-order valence-electron chi connectivity index (χ1n) is 4.27. The van der Waals surface area contributed by atoms with Gasteiger partial charge in [0.25, 0.3) is 5.56 Å². The maximum absolute atomic E-state index is 12.7. The lowest BCUT2D eigenvalue weighted by Crippen LogP contribution is -2.21. The Hall–Kier alpha value is -2.17. The van der Waals surface area contributed by atoms with Gasteiger partial charge >= 0.3 is 0 Å². The van der Waals surface area contributed by atoms with Gasteiger partial charge in [-0.3, -0.25) is 9.36 Å². The number of hydrogen-bond donors (Lipinski definition) is 1. The number of benzene rings is 1. The molecule has 76 valence electrons. The highest BCUT2D eigenvalue weighted by Gasteiger charge is 2.02. The van der Waals surface area contributed by atoms with Crippen LogP contribution in [0.1, 0.15) is 0 Å². The number of halogens is 1. The summed E-state index contributed by atoms with van der Waals surface area (Å²) in [5.41, 5.74) is 5.51. The fraction of sp³-hybridized carbons (Fsp3) is 0. The van der Waals surface area contributed by atoms with Crippen molar-refractivity contribution in [2.24, 2.45) is 0 Å². The van der Waals surface area contributed by atoms with Crippen molar-refractivity contribution in [3.8, 4) is 5.69 Å². The quantitative estimate of drug-likeness (QED) is 0.754. The van der Waals surface area contributed by atoms with E-state index < -0.39 is 5.56 Å². The first kappa shape index (κ1) is 9.39. The summed E-state index contributed by atoms with van der Waals surface area (Å²) in [5, 5.41) is 0. The SMILES string of the molecule is Nc1nccn(-c2ccc(F)cc2)c1=O. The van der Waals surface area contributed by atoms with Gasteiger partial charge in [-0.25, -0.2) is 9.37 Å². The number of hydrogen-bond acceptors (Lipinski definition) is 3. The molecule has 0 saturated heterocycles. The third kappa shape index (κ3) is 1.71. The van der Waals surface area contributed by atoms with Crippen molar-refractivity contribution in [3.63, 3.8) is 0 Å². The summed E-state index contributed by atoms with van der Waals surface area (Å²) >= 11 is 0. The summed E-state index contributed by atoms with van der Waals surface area (Å²) in [4.78, 5) is 15.2. The van der Waals surface area contributed by atoms with Crippen LogP contribution in [0.4, 0.5) is 10.2 Å². The molecule has 1 aromatic heterocycles. The van der Waals surface area contributed by atoms with Crippen LogP contribution < -0.4 is 11.3 Å². The second-order valence-corrected chi connectivity index (χ2v) is 2.96. The largest absolute Gasteiger partial charge is 0.379 e. The predicted octanol–water partition coefficient (Wildman–Crippen LogP) is 0.954. The Labute approximate surface area is 84.8 Å². The summed E-state index contributed by atoms with van der Waals surface area (Å²) in [7, 11) is 0. The number of anilines is 1. The van der Waals surface area contributed by atoms with Gasteiger partial charge in [0.05, 0.1) is 0 Å². The molecule has 0 unspecified atom stereocenters. The zero-order chi connectivity index (χ0) is 10.8. The van der Waals surface area contributed by atoms with Crippen molar-refractivity contribution in [1.82, 2.24) is 9.55 Å². The van der Waals surface area contributed by atoms with Gasteiger partial charge in [-0.2, -0.15) is 0 Å². The van der Waals surface area contributed by atoms with Crippen LogP contribution in [0.15, 0.2) is 41.5 Å². The average Bonchev–Trinajstić information content (AvgIpc) is 2.24. The fourth-order valence-electron chi connectivity index (χ4n) is 1.23. The molecule has 0 amide bonds. The molecule has 0 fully saturated rings. The molecule has 5 heteroatoms. The summed E-state index contributed by atoms with van der Waals surface area (Å²) in [6.07, 6.45) is 2.89. The topological polar surface area (TPSA) is 60.9 Å². The molecular weight excluding hydrogens is 197 g/mol. The third-order valence-electron chi connectivity index (χ3n) is 1.97. The minimum atomic E-state index is -0.413. The van der Waals surface area contributed by atoms with Crippen molar-refractivity contribution in [3.05, 3.63) is 52.8 Å². The van der Waals surface area contributed by atoms with Gasteiger partial charge in [0.15, 0.2) is 5.82 Å². The van der Waals surface area contributed by atoms with Crippen LogP contribution in [0.3, 0.4) is 0 Å². The zero-order valence-corrected chi connectivity index (χ0v) is 7.72. The third-order valence-corrected chi connectivity index (χ3v) is 1.97. The van der Waals surface area contributed by atoms with E-state index in [2.05, 4.69) is 4.98 Å². The molecule has 0 aliphatic carbocycles. The molecule has 0 aliphatic heterocycles. The molecule has 15 heavy (non-hydrogen) atoms. The summed E-state index contributed by atoms with van der Waals surface area (Å²) in [6, 6.07) is 5.54. The molecule has 1 aromatic carbocycles. The smallest absolute Gasteiger partial charge is 0.297 e. The lowest BCUT2D eigenvalue weighted by Gasteiger charge is -2.04. The lowest BCUT2D eigenvalue weighted by molar-refractivity contribution is 0.627. The Kier molecular flexibility index (Phi) is 2.21. The second-order valence-electron chi connectivity index (χ2n) is 2.96. The number of rotatable bonds is 1. The van der Waals surface area contributed by atoms with Crippen molar-refractivity contribution in [2.45, 2.75) is 0 Å². The molecule has 1 heterocycles. The highest BCUT2D eigenvalue weighted by molar-refractivity contribution is 5.35. The Morgan fingerprint density at radius 3 is 2.60 bits per heavy atom. The minimum absolute atomic E-state index is 0.0816. The number of nitrogen functional groups attached to an aromatic ring is 1. The van der Waals surface area contributed by atoms with Gasteiger partial charge in [0.1, 0.15) is 5.82 Å². The van der Waals surface area contributed by atoms with E-state index in [1.165, 1.54) is 41.2 Å². The van der Waals surface area contributed by atoms with E-state index >= 15 is 0 Å². The maximum Gasteiger partial charge on any atom is 0.297 e. The predicted molar refractivity (Wildman–Crippen MR) is 54.2 cm³/mol. The van der Waals surface area contributed by atoms with E-state index in [-0.39, 0.29) is 11.6 Å². The first-order valence-corrected chi connectivity index (χ1v) is 4.27. The van der Waals surface area contributed by atoms with E-state index in [1.807, 2.05) is 0 Å². The molecule has 0 atom stereocenters. The molecule has 0 radical (unpaired) electrons. The van der Waals surface area contributed by atoms with E-state index in [0.717, 1.165) is 0 Å². The minimum Gasteiger partial charge on any atom is -0.379 e. The number of nitrogens with zero attached hydrogens (tertiary/aromatic N) is 2. The monoisotopic (exact) mass is 205 g/mol. The summed E-state index contributed by atoms with van der Waals surface area (Å²) in [6.45, 7) is 0. The second kappa shape index (κ2) is 3.53. The van der Waals surface area contributed by atoms with Gasteiger partial charge in [-0.15, -0.1) is 0 Å². The lowest BCUT2D eigenvalue weighted by atomic mass is 10.3. The summed E-state index contributed by atoms with van der Waals surface area (Å²) in [5.74, 6) is -0.435. The van der Waals surface area contributed by atoms with Crippen LogP contribution in [-0.4, -0.2) is 9.55 Å². The van der Waals surface area contributed by atoms with Gasteiger partial charge in [-0.1, -0.05) is 0 Å². The molecule has 0 spiro atoms. The average molecular weight is 205 g/mol. The molecule has 2 aromatic rings. The van der Waals surface area contributed by atoms with E-state index in [1.54, 1.807) is 0 Å². The molecule has 2 N–H and O–H groups in total. The standard InChI is InChI=1S/C10H8FN3O/c11-7-1-3-8(4-2-7)14-6-5-13-9(12)10(14)15/h1-6H,(H2,12,13). The van der Waals surface area contributed by atoms with Gasteiger partial charge in [0.2, 0.25) is 0 Å². The van der Waals surface area contributed by atoms with Gasteiger partial charge < -0.3 is 5.73 Å². The molecule has 4 nitrogen and oxygen atoms in total. The Balaban J connectivity index is 2.59. The summed E-state index contributed by atoms with van der Waals surface area (Å²) < 4.78 is 14.0.